The fraction of sp³-hybridized carbons (Fsp3) is 0.500. The van der Waals surface area contributed by atoms with E-state index >= 15 is 0 Å². The Morgan fingerprint density at radius 3 is 2.55 bits per heavy atom. The second-order valence-corrected chi connectivity index (χ2v) is 3.29. The maximum atomic E-state index is 5.08. The van der Waals surface area contributed by atoms with Crippen LogP contribution in [0.4, 0.5) is 0 Å². The van der Waals surface area contributed by atoms with Crippen molar-refractivity contribution in [3.8, 4) is 0 Å². The van der Waals surface area contributed by atoms with Gasteiger partial charge >= 0.3 is 0 Å². The Hall–Kier alpha value is -0.700. The van der Waals surface area contributed by atoms with Gasteiger partial charge in [0.25, 0.3) is 0 Å². The summed E-state index contributed by atoms with van der Waals surface area (Å²) < 4.78 is 0.719. The van der Waals surface area contributed by atoms with Gasteiger partial charge in [-0.2, -0.15) is 0 Å². The fourth-order valence-electron chi connectivity index (χ4n) is 1.18. The minimum absolute atomic E-state index is 0.451. The Balaban J connectivity index is 3.33. The average Bonchev–Trinajstić information content (AvgIpc) is 1.85. The SMILES string of the molecule is Cc1[nH]cnc(=S)c1C(C)C. The van der Waals surface area contributed by atoms with Crippen LogP contribution in [-0.4, -0.2) is 9.97 Å². The number of nitrogens with one attached hydrogen (secondary N) is 1. The largest absolute Gasteiger partial charge is 0.350 e. The highest BCUT2D eigenvalue weighted by atomic mass is 32.1. The maximum absolute atomic E-state index is 5.08. The molecule has 3 heteroatoms. The summed E-state index contributed by atoms with van der Waals surface area (Å²) in [6.07, 6.45) is 1.64. The van der Waals surface area contributed by atoms with E-state index in [1.54, 1.807) is 6.33 Å². The van der Waals surface area contributed by atoms with Crippen molar-refractivity contribution in [2.24, 2.45) is 0 Å². The zero-order valence-electron chi connectivity index (χ0n) is 7.01. The number of rotatable bonds is 1. The lowest BCUT2D eigenvalue weighted by molar-refractivity contribution is 0.823. The van der Waals surface area contributed by atoms with Gasteiger partial charge in [0.2, 0.25) is 0 Å². The molecule has 0 saturated heterocycles. The number of hydrogen-bond donors (Lipinski definition) is 1. The molecule has 0 aliphatic heterocycles. The molecule has 1 aromatic heterocycles. The molecule has 11 heavy (non-hydrogen) atoms. The van der Waals surface area contributed by atoms with Gasteiger partial charge in [0.1, 0.15) is 4.64 Å². The first-order valence-electron chi connectivity index (χ1n) is 3.67. The van der Waals surface area contributed by atoms with Gasteiger partial charge in [-0.1, -0.05) is 26.1 Å². The smallest absolute Gasteiger partial charge is 0.133 e. The van der Waals surface area contributed by atoms with Crippen molar-refractivity contribution in [3.63, 3.8) is 0 Å². The van der Waals surface area contributed by atoms with E-state index in [2.05, 4.69) is 23.8 Å². The molecule has 60 valence electrons. The van der Waals surface area contributed by atoms with E-state index in [1.807, 2.05) is 6.92 Å². The summed E-state index contributed by atoms with van der Waals surface area (Å²) in [6.45, 7) is 6.26. The Bertz CT molecular complexity index is 301. The van der Waals surface area contributed by atoms with E-state index in [1.165, 1.54) is 0 Å². The molecule has 0 bridgehead atoms. The molecule has 1 heterocycles. The predicted molar refractivity (Wildman–Crippen MR) is 48.2 cm³/mol. The second-order valence-electron chi connectivity index (χ2n) is 2.90. The van der Waals surface area contributed by atoms with E-state index in [-0.39, 0.29) is 0 Å². The van der Waals surface area contributed by atoms with Crippen LogP contribution in [0.1, 0.15) is 31.0 Å². The van der Waals surface area contributed by atoms with Crippen LogP contribution in [0.5, 0.6) is 0 Å². The highest BCUT2D eigenvalue weighted by Crippen LogP contribution is 2.16. The number of nitrogens with zero attached hydrogens (tertiary/aromatic N) is 1. The van der Waals surface area contributed by atoms with Crippen molar-refractivity contribution in [2.45, 2.75) is 26.7 Å². The molecule has 0 amide bonds. The monoisotopic (exact) mass is 168 g/mol. The van der Waals surface area contributed by atoms with Gasteiger partial charge in [-0.25, -0.2) is 4.98 Å². The molecule has 0 aromatic carbocycles. The zero-order valence-corrected chi connectivity index (χ0v) is 7.83. The molecule has 1 aromatic rings. The summed E-state index contributed by atoms with van der Waals surface area (Å²) in [7, 11) is 0. The van der Waals surface area contributed by atoms with E-state index in [4.69, 9.17) is 12.2 Å². The standard InChI is InChI=1S/C8H12N2S/c1-5(2)7-6(3)9-4-10-8(7)11/h4-5H,1-3H3,(H,9,10,11). The van der Waals surface area contributed by atoms with Gasteiger partial charge in [0.15, 0.2) is 0 Å². The van der Waals surface area contributed by atoms with E-state index in [0.717, 1.165) is 15.9 Å². The van der Waals surface area contributed by atoms with Crippen molar-refractivity contribution in [1.29, 1.82) is 0 Å². The third kappa shape index (κ3) is 1.66. The van der Waals surface area contributed by atoms with E-state index in [0.29, 0.717) is 5.92 Å². The van der Waals surface area contributed by atoms with E-state index < -0.39 is 0 Å². The first kappa shape index (κ1) is 8.40. The van der Waals surface area contributed by atoms with Crippen LogP contribution in [0, 0.1) is 11.6 Å². The third-order valence-electron chi connectivity index (χ3n) is 1.67. The molecule has 0 unspecified atom stereocenters. The molecule has 0 aliphatic rings. The van der Waals surface area contributed by atoms with Crippen LogP contribution in [0.15, 0.2) is 6.33 Å². The van der Waals surface area contributed by atoms with Crippen LogP contribution in [-0.2, 0) is 0 Å². The van der Waals surface area contributed by atoms with Crippen molar-refractivity contribution in [2.75, 3.05) is 0 Å². The van der Waals surface area contributed by atoms with Crippen LogP contribution in [0.25, 0.3) is 0 Å². The fourth-order valence-corrected chi connectivity index (χ4v) is 1.62. The van der Waals surface area contributed by atoms with Crippen molar-refractivity contribution in [1.82, 2.24) is 9.97 Å². The lowest BCUT2D eigenvalue weighted by atomic mass is 10.0. The maximum Gasteiger partial charge on any atom is 0.133 e. The Morgan fingerprint density at radius 1 is 1.55 bits per heavy atom. The average molecular weight is 168 g/mol. The van der Waals surface area contributed by atoms with Gasteiger partial charge in [0, 0.05) is 11.3 Å². The molecule has 1 rings (SSSR count). The van der Waals surface area contributed by atoms with Gasteiger partial charge in [-0.3, -0.25) is 0 Å². The van der Waals surface area contributed by atoms with Gasteiger partial charge < -0.3 is 4.98 Å². The first-order valence-corrected chi connectivity index (χ1v) is 4.08. The molecule has 0 saturated carbocycles. The predicted octanol–water partition coefficient (Wildman–Crippen LogP) is 2.57. The summed E-state index contributed by atoms with van der Waals surface area (Å²) in [5.74, 6) is 0.451. The molecule has 0 spiro atoms. The van der Waals surface area contributed by atoms with Crippen LogP contribution < -0.4 is 0 Å². The Kier molecular flexibility index (Phi) is 2.39. The van der Waals surface area contributed by atoms with Gasteiger partial charge in [-0.05, 0) is 12.8 Å². The number of aryl methyl sites for hydroxylation is 1. The van der Waals surface area contributed by atoms with Crippen molar-refractivity contribution < 1.29 is 0 Å². The lowest BCUT2D eigenvalue weighted by Gasteiger charge is -2.07. The number of hydrogen-bond acceptors (Lipinski definition) is 2. The lowest BCUT2D eigenvalue weighted by Crippen LogP contribution is -1.97. The van der Waals surface area contributed by atoms with E-state index in [9.17, 15) is 0 Å². The topological polar surface area (TPSA) is 28.7 Å². The quantitative estimate of drug-likeness (QED) is 0.653. The molecule has 0 aliphatic carbocycles. The molecular weight excluding hydrogens is 156 g/mol. The summed E-state index contributed by atoms with van der Waals surface area (Å²) >= 11 is 5.08. The number of H-pyrrole nitrogens is 1. The van der Waals surface area contributed by atoms with Crippen molar-refractivity contribution in [3.05, 3.63) is 22.2 Å². The summed E-state index contributed by atoms with van der Waals surface area (Å²) in [5, 5.41) is 0. The number of aromatic amines is 1. The summed E-state index contributed by atoms with van der Waals surface area (Å²) in [4.78, 5) is 7.06. The molecule has 1 N–H and O–H groups in total. The minimum Gasteiger partial charge on any atom is -0.350 e. The molecule has 2 nitrogen and oxygen atoms in total. The Labute approximate surface area is 71.7 Å². The first-order chi connectivity index (χ1) is 5.13. The third-order valence-corrected chi connectivity index (χ3v) is 2.00. The Morgan fingerprint density at radius 2 is 2.18 bits per heavy atom. The molecule has 0 radical (unpaired) electrons. The zero-order chi connectivity index (χ0) is 8.43. The number of aromatic nitrogens is 2. The molecular formula is C8H12N2S. The summed E-state index contributed by atoms with van der Waals surface area (Å²) in [6, 6.07) is 0. The van der Waals surface area contributed by atoms with Gasteiger partial charge in [-0.15, -0.1) is 0 Å². The molecule has 0 atom stereocenters. The second kappa shape index (κ2) is 3.13. The highest BCUT2D eigenvalue weighted by molar-refractivity contribution is 7.71. The van der Waals surface area contributed by atoms with Crippen molar-refractivity contribution >= 4 is 12.2 Å². The normalized spacial score (nSPS) is 10.5. The van der Waals surface area contributed by atoms with Gasteiger partial charge in [0.05, 0.1) is 6.33 Å². The molecule has 0 fully saturated rings. The highest BCUT2D eigenvalue weighted by Gasteiger charge is 2.04. The van der Waals surface area contributed by atoms with Crippen LogP contribution in [0.3, 0.4) is 0 Å². The minimum atomic E-state index is 0.451. The van der Waals surface area contributed by atoms with Crippen LogP contribution in [0.2, 0.25) is 0 Å². The summed E-state index contributed by atoms with van der Waals surface area (Å²) in [5.41, 5.74) is 2.28. The van der Waals surface area contributed by atoms with Crippen LogP contribution >= 0.6 is 12.2 Å².